The molecule has 4 nitrogen and oxygen atoms in total. The van der Waals surface area contributed by atoms with Crippen molar-refractivity contribution in [1.82, 2.24) is 9.88 Å². The molecule has 1 N–H and O–H groups in total. The second kappa shape index (κ2) is 5.66. The number of alkyl halides is 3. The standard InChI is InChI=1S/C16H12ClF3N2O2/c1-2-6-22-14(23)10-11(15(22)24)13(16(18,19)20)21-12(10)8-4-3-5-9(17)7-8/h3-5,7,21H,2,6H2,1H3. The number of hydrogen-bond donors (Lipinski definition) is 1. The van der Waals surface area contributed by atoms with Crippen molar-refractivity contribution in [2.45, 2.75) is 19.5 Å². The lowest BCUT2D eigenvalue weighted by Gasteiger charge is -2.14. The number of aromatic amines is 1. The molecule has 1 aromatic carbocycles. The van der Waals surface area contributed by atoms with Gasteiger partial charge < -0.3 is 4.98 Å². The van der Waals surface area contributed by atoms with Gasteiger partial charge in [-0.25, -0.2) is 0 Å². The van der Waals surface area contributed by atoms with E-state index in [1.807, 2.05) is 0 Å². The van der Waals surface area contributed by atoms with E-state index in [2.05, 4.69) is 4.98 Å². The quantitative estimate of drug-likeness (QED) is 0.831. The summed E-state index contributed by atoms with van der Waals surface area (Å²) in [4.78, 5) is 27.9. The first-order valence-electron chi connectivity index (χ1n) is 7.21. The first-order chi connectivity index (χ1) is 11.3. The molecule has 0 atom stereocenters. The molecule has 24 heavy (non-hydrogen) atoms. The highest BCUT2D eigenvalue weighted by Crippen LogP contribution is 2.41. The monoisotopic (exact) mass is 356 g/mol. The fraction of sp³-hybridized carbons (Fsp3) is 0.250. The van der Waals surface area contributed by atoms with E-state index in [1.165, 1.54) is 12.1 Å². The van der Waals surface area contributed by atoms with E-state index in [-0.39, 0.29) is 17.8 Å². The summed E-state index contributed by atoms with van der Waals surface area (Å²) in [6, 6.07) is 6.09. The number of imide groups is 1. The van der Waals surface area contributed by atoms with Crippen LogP contribution >= 0.6 is 11.6 Å². The summed E-state index contributed by atoms with van der Waals surface area (Å²) in [5.41, 5.74) is -1.80. The number of amides is 2. The number of hydrogen-bond acceptors (Lipinski definition) is 2. The maximum absolute atomic E-state index is 13.3. The van der Waals surface area contributed by atoms with Crippen LogP contribution in [-0.2, 0) is 6.18 Å². The smallest absolute Gasteiger partial charge is 0.350 e. The highest BCUT2D eigenvalue weighted by atomic mass is 35.5. The number of benzene rings is 1. The van der Waals surface area contributed by atoms with Gasteiger partial charge in [-0.15, -0.1) is 0 Å². The van der Waals surface area contributed by atoms with Crippen molar-refractivity contribution in [3.05, 3.63) is 46.1 Å². The minimum Gasteiger partial charge on any atom is -0.350 e. The zero-order valence-corrected chi connectivity index (χ0v) is 13.3. The Morgan fingerprint density at radius 1 is 1.17 bits per heavy atom. The van der Waals surface area contributed by atoms with E-state index in [4.69, 9.17) is 11.6 Å². The van der Waals surface area contributed by atoms with Crippen molar-refractivity contribution in [1.29, 1.82) is 0 Å². The molecule has 1 aromatic heterocycles. The number of carbonyl (C=O) groups is 2. The molecule has 2 aromatic rings. The second-order valence-electron chi connectivity index (χ2n) is 5.40. The van der Waals surface area contributed by atoms with Gasteiger partial charge in [-0.05, 0) is 18.6 Å². The molecule has 0 spiro atoms. The Bertz CT molecular complexity index is 842. The van der Waals surface area contributed by atoms with Crippen LogP contribution in [0.25, 0.3) is 11.3 Å². The average Bonchev–Trinajstić information content (AvgIpc) is 3.00. The zero-order valence-electron chi connectivity index (χ0n) is 12.5. The molecule has 0 unspecified atom stereocenters. The minimum atomic E-state index is -4.78. The lowest BCUT2D eigenvalue weighted by atomic mass is 10.1. The molecule has 8 heteroatoms. The van der Waals surface area contributed by atoms with Crippen LogP contribution in [0.5, 0.6) is 0 Å². The summed E-state index contributed by atoms with van der Waals surface area (Å²) in [5, 5.41) is 0.312. The molecule has 0 bridgehead atoms. The van der Waals surface area contributed by atoms with Gasteiger partial charge in [0.05, 0.1) is 16.8 Å². The van der Waals surface area contributed by atoms with Gasteiger partial charge in [0, 0.05) is 17.1 Å². The van der Waals surface area contributed by atoms with Crippen LogP contribution in [0.1, 0.15) is 39.8 Å². The Morgan fingerprint density at radius 3 is 2.42 bits per heavy atom. The Morgan fingerprint density at radius 2 is 1.83 bits per heavy atom. The molecule has 126 valence electrons. The Kier molecular flexibility index (Phi) is 3.91. The molecule has 0 radical (unpaired) electrons. The van der Waals surface area contributed by atoms with Crippen molar-refractivity contribution in [3.63, 3.8) is 0 Å². The minimum absolute atomic E-state index is 0.0446. The predicted octanol–water partition coefficient (Wildman–Crippen LogP) is 4.36. The molecule has 3 rings (SSSR count). The summed E-state index contributed by atoms with van der Waals surface area (Å²) in [6.45, 7) is 1.80. The van der Waals surface area contributed by atoms with Crippen LogP contribution in [0, 0.1) is 0 Å². The lowest BCUT2D eigenvalue weighted by Crippen LogP contribution is -2.31. The third kappa shape index (κ3) is 2.49. The first kappa shape index (κ1) is 16.6. The topological polar surface area (TPSA) is 53.2 Å². The molecule has 2 heterocycles. The lowest BCUT2D eigenvalue weighted by molar-refractivity contribution is -0.141. The van der Waals surface area contributed by atoms with Gasteiger partial charge in [0.2, 0.25) is 0 Å². The van der Waals surface area contributed by atoms with Gasteiger partial charge in [0.15, 0.2) is 0 Å². The van der Waals surface area contributed by atoms with Crippen molar-refractivity contribution >= 4 is 23.4 Å². The van der Waals surface area contributed by atoms with E-state index in [0.717, 1.165) is 4.90 Å². The molecule has 1 aliphatic heterocycles. The van der Waals surface area contributed by atoms with Gasteiger partial charge in [0.25, 0.3) is 11.8 Å². The fourth-order valence-electron chi connectivity index (χ4n) is 2.79. The van der Waals surface area contributed by atoms with Crippen LogP contribution in [0.4, 0.5) is 13.2 Å². The van der Waals surface area contributed by atoms with Crippen LogP contribution in [-0.4, -0.2) is 28.2 Å². The maximum atomic E-state index is 13.3. The number of nitrogens with one attached hydrogen (secondary N) is 1. The largest absolute Gasteiger partial charge is 0.432 e. The Balaban J connectivity index is 2.26. The number of aromatic nitrogens is 1. The van der Waals surface area contributed by atoms with Crippen LogP contribution < -0.4 is 0 Å². The first-order valence-corrected chi connectivity index (χ1v) is 7.58. The van der Waals surface area contributed by atoms with Gasteiger partial charge in [0.1, 0.15) is 5.69 Å². The van der Waals surface area contributed by atoms with Gasteiger partial charge in [-0.3, -0.25) is 14.5 Å². The molecule has 0 saturated carbocycles. The van der Waals surface area contributed by atoms with E-state index < -0.39 is 29.2 Å². The molecule has 0 saturated heterocycles. The summed E-state index contributed by atoms with van der Waals surface area (Å²) < 4.78 is 40.0. The van der Waals surface area contributed by atoms with Crippen LogP contribution in [0.3, 0.4) is 0 Å². The van der Waals surface area contributed by atoms with Crippen molar-refractivity contribution < 1.29 is 22.8 Å². The van der Waals surface area contributed by atoms with Crippen molar-refractivity contribution in [2.75, 3.05) is 6.54 Å². The number of H-pyrrole nitrogens is 1. The molecule has 0 fully saturated rings. The number of rotatable bonds is 3. The number of fused-ring (bicyclic) bond motifs is 1. The van der Waals surface area contributed by atoms with Crippen LogP contribution in [0.2, 0.25) is 5.02 Å². The van der Waals surface area contributed by atoms with Gasteiger partial charge in [-0.1, -0.05) is 30.7 Å². The SMILES string of the molecule is CCCN1C(=O)c2c(-c3cccc(Cl)c3)[nH]c(C(F)(F)F)c2C1=O. The zero-order chi connectivity index (χ0) is 17.6. The van der Waals surface area contributed by atoms with Crippen molar-refractivity contribution in [3.8, 4) is 11.3 Å². The molecular formula is C16H12ClF3N2O2. The van der Waals surface area contributed by atoms with Gasteiger partial charge >= 0.3 is 6.18 Å². The summed E-state index contributed by atoms with van der Waals surface area (Å²) in [5.74, 6) is -1.65. The number of carbonyl (C=O) groups excluding carboxylic acids is 2. The van der Waals surface area contributed by atoms with E-state index >= 15 is 0 Å². The molecule has 2 amide bonds. The summed E-state index contributed by atoms with van der Waals surface area (Å²) in [6.07, 6.45) is -4.32. The van der Waals surface area contributed by atoms with Gasteiger partial charge in [-0.2, -0.15) is 13.2 Å². The third-order valence-electron chi connectivity index (χ3n) is 3.76. The predicted molar refractivity (Wildman–Crippen MR) is 81.9 cm³/mol. The van der Waals surface area contributed by atoms with E-state index in [9.17, 15) is 22.8 Å². The number of halogens is 4. The third-order valence-corrected chi connectivity index (χ3v) is 4.00. The molecule has 1 aliphatic rings. The maximum Gasteiger partial charge on any atom is 0.432 e. The highest BCUT2D eigenvalue weighted by molar-refractivity contribution is 6.31. The van der Waals surface area contributed by atoms with E-state index in [1.54, 1.807) is 19.1 Å². The second-order valence-corrected chi connectivity index (χ2v) is 5.83. The average molecular weight is 357 g/mol. The molecule has 0 aliphatic carbocycles. The normalized spacial score (nSPS) is 14.5. The fourth-order valence-corrected chi connectivity index (χ4v) is 2.98. The molecular weight excluding hydrogens is 345 g/mol. The van der Waals surface area contributed by atoms with Crippen LogP contribution in [0.15, 0.2) is 24.3 Å². The Hall–Kier alpha value is -2.28. The highest BCUT2D eigenvalue weighted by Gasteiger charge is 2.48. The van der Waals surface area contributed by atoms with E-state index in [0.29, 0.717) is 17.0 Å². The van der Waals surface area contributed by atoms with Crippen molar-refractivity contribution in [2.24, 2.45) is 0 Å². The summed E-state index contributed by atoms with van der Waals surface area (Å²) >= 11 is 5.89. The Labute approximate surface area is 140 Å². The number of nitrogens with zero attached hydrogens (tertiary/aromatic N) is 1. The summed E-state index contributed by atoms with van der Waals surface area (Å²) in [7, 11) is 0.